The van der Waals surface area contributed by atoms with Gasteiger partial charge in [-0.25, -0.2) is 0 Å². The largest absolute Gasteiger partial charge is 0.454 e. The third-order valence-corrected chi connectivity index (χ3v) is 6.53. The summed E-state index contributed by atoms with van der Waals surface area (Å²) in [7, 11) is 0. The Hall–Kier alpha value is -0.930. The van der Waals surface area contributed by atoms with E-state index in [9.17, 15) is 40.5 Å². The molecule has 206 valence electrons. The number of esters is 1. The van der Waals surface area contributed by atoms with Crippen LogP contribution in [0.15, 0.2) is 0 Å². The summed E-state index contributed by atoms with van der Waals surface area (Å²) < 4.78 is 21.8. The van der Waals surface area contributed by atoms with E-state index in [1.54, 1.807) is 0 Å². The molecule has 0 unspecified atom stereocenters. The molecule has 2 aliphatic heterocycles. The summed E-state index contributed by atoms with van der Waals surface area (Å²) in [5.41, 5.74) is 0. The molecule has 0 spiro atoms. The van der Waals surface area contributed by atoms with Gasteiger partial charge >= 0.3 is 5.97 Å². The molecule has 9 atom stereocenters. The molecule has 2 rings (SSSR count). The lowest BCUT2D eigenvalue weighted by atomic mass is 9.99. The van der Waals surface area contributed by atoms with Gasteiger partial charge in [-0.2, -0.15) is 0 Å². The second kappa shape index (κ2) is 14.7. The molecule has 7 N–H and O–H groups in total. The van der Waals surface area contributed by atoms with Gasteiger partial charge in [-0.15, -0.1) is 0 Å². The van der Waals surface area contributed by atoms with E-state index in [0.717, 1.165) is 25.7 Å². The third kappa shape index (κ3) is 7.78. The van der Waals surface area contributed by atoms with Crippen LogP contribution in [-0.2, 0) is 23.7 Å². The summed E-state index contributed by atoms with van der Waals surface area (Å²) in [6.45, 7) is -0.212. The molecule has 0 aromatic carbocycles. The summed E-state index contributed by atoms with van der Waals surface area (Å²) in [6.07, 6.45) is -4.41. The van der Waals surface area contributed by atoms with Crippen LogP contribution < -0.4 is 0 Å². The van der Waals surface area contributed by atoms with Gasteiger partial charge in [-0.1, -0.05) is 51.9 Å². The van der Waals surface area contributed by atoms with Gasteiger partial charge < -0.3 is 54.7 Å². The van der Waals surface area contributed by atoms with Crippen molar-refractivity contribution in [1.29, 1.82) is 0 Å². The topological polar surface area (TPSA) is 196 Å². The van der Waals surface area contributed by atoms with Crippen LogP contribution in [0.25, 0.3) is 0 Å². The average Bonchev–Trinajstić information content (AvgIpc) is 3.12. The molecule has 0 radical (unpaired) electrons. The van der Waals surface area contributed by atoms with E-state index in [-0.39, 0.29) is 6.42 Å². The van der Waals surface area contributed by atoms with Crippen molar-refractivity contribution in [2.24, 2.45) is 0 Å². The summed E-state index contributed by atoms with van der Waals surface area (Å²) in [5.74, 6) is -2.91. The molecule has 0 bridgehead atoms. The molecule has 0 amide bonds. The normalized spacial score (nSPS) is 37.5. The van der Waals surface area contributed by atoms with E-state index in [2.05, 4.69) is 6.92 Å². The molecular formula is C23H42O12. The third-order valence-electron chi connectivity index (χ3n) is 6.53. The molecule has 2 fully saturated rings. The molecule has 2 heterocycles. The quantitative estimate of drug-likeness (QED) is 0.102. The Kier molecular flexibility index (Phi) is 12.7. The highest BCUT2D eigenvalue weighted by Crippen LogP contribution is 2.38. The predicted octanol–water partition coefficient (Wildman–Crippen LogP) is -1.31. The van der Waals surface area contributed by atoms with Crippen molar-refractivity contribution < 1.29 is 59.5 Å². The lowest BCUT2D eigenvalue weighted by Crippen LogP contribution is -2.63. The number of carbonyl (C=O) groups is 1. The van der Waals surface area contributed by atoms with E-state index in [0.29, 0.717) is 6.42 Å². The van der Waals surface area contributed by atoms with Gasteiger partial charge in [0, 0.05) is 6.42 Å². The van der Waals surface area contributed by atoms with Gasteiger partial charge in [0.05, 0.1) is 13.2 Å². The molecule has 2 saturated heterocycles. The standard InChI is InChI=1S/C23H42O12/c1-2-3-4-5-6-7-8-9-10-16(27)33-21-18(29)15(12-25)34-23(21,13-26)35-22-20(31)19(30)17(28)14(11-24)32-22/h14-15,17-22,24-26,28-31H,2-13H2,1H3/t14-,15-,17-,18-,19+,20-,21+,22-,23+/m1/s1. The molecule has 12 nitrogen and oxygen atoms in total. The molecule has 12 heteroatoms. The van der Waals surface area contributed by atoms with Crippen molar-refractivity contribution in [1.82, 2.24) is 0 Å². The number of unbranched alkanes of at least 4 members (excludes halogenated alkanes) is 7. The Morgan fingerprint density at radius 3 is 1.97 bits per heavy atom. The van der Waals surface area contributed by atoms with Gasteiger partial charge in [-0.3, -0.25) is 4.79 Å². The Labute approximate surface area is 205 Å². The van der Waals surface area contributed by atoms with Crippen LogP contribution in [0.4, 0.5) is 0 Å². The molecular weight excluding hydrogens is 468 g/mol. The van der Waals surface area contributed by atoms with Gasteiger partial charge in [0.2, 0.25) is 5.79 Å². The second-order valence-electron chi connectivity index (χ2n) is 9.25. The monoisotopic (exact) mass is 510 g/mol. The summed E-state index contributed by atoms with van der Waals surface area (Å²) in [5, 5.41) is 69.9. The molecule has 0 aromatic heterocycles. The van der Waals surface area contributed by atoms with Crippen LogP contribution in [0, 0.1) is 0 Å². The summed E-state index contributed by atoms with van der Waals surface area (Å²) in [6, 6.07) is 0. The minimum atomic E-state index is -2.24. The summed E-state index contributed by atoms with van der Waals surface area (Å²) >= 11 is 0. The van der Waals surface area contributed by atoms with Crippen LogP contribution in [-0.4, -0.2) is 116 Å². The van der Waals surface area contributed by atoms with Crippen LogP contribution in [0.3, 0.4) is 0 Å². The first-order valence-corrected chi connectivity index (χ1v) is 12.5. The zero-order valence-electron chi connectivity index (χ0n) is 20.3. The Morgan fingerprint density at radius 2 is 1.40 bits per heavy atom. The van der Waals surface area contributed by atoms with Crippen molar-refractivity contribution in [3.8, 4) is 0 Å². The van der Waals surface area contributed by atoms with Gasteiger partial charge in [0.1, 0.15) is 43.2 Å². The molecule has 35 heavy (non-hydrogen) atoms. The first kappa shape index (κ1) is 30.3. The highest BCUT2D eigenvalue weighted by Gasteiger charge is 2.60. The lowest BCUT2D eigenvalue weighted by Gasteiger charge is -2.43. The SMILES string of the molecule is CCCCCCCCCCC(=O)O[C@H]1[C@H](O)[C@@H](CO)O[C@@]1(CO)O[C@H]1O[C@H](CO)[C@@H](O)[C@H](O)[C@H]1O. The fourth-order valence-electron chi connectivity index (χ4n) is 4.38. The van der Waals surface area contributed by atoms with Gasteiger partial charge in [-0.05, 0) is 6.42 Å². The number of carbonyl (C=O) groups excluding carboxylic acids is 1. The van der Waals surface area contributed by atoms with E-state index < -0.39 is 80.6 Å². The number of aliphatic hydroxyl groups excluding tert-OH is 7. The van der Waals surface area contributed by atoms with E-state index in [1.807, 2.05) is 0 Å². The number of ether oxygens (including phenoxy) is 4. The van der Waals surface area contributed by atoms with E-state index in [4.69, 9.17) is 18.9 Å². The van der Waals surface area contributed by atoms with Crippen molar-refractivity contribution in [2.45, 2.75) is 120 Å². The molecule has 0 aromatic rings. The molecule has 2 aliphatic rings. The van der Waals surface area contributed by atoms with Crippen molar-refractivity contribution in [3.63, 3.8) is 0 Å². The lowest BCUT2D eigenvalue weighted by molar-refractivity contribution is -0.383. The molecule has 0 aliphatic carbocycles. The van der Waals surface area contributed by atoms with Gasteiger partial charge in [0.15, 0.2) is 12.4 Å². The van der Waals surface area contributed by atoms with Crippen molar-refractivity contribution in [3.05, 3.63) is 0 Å². The fraction of sp³-hybridized carbons (Fsp3) is 0.957. The Bertz CT molecular complexity index is 619. The maximum atomic E-state index is 12.5. The maximum absolute atomic E-state index is 12.5. The minimum Gasteiger partial charge on any atom is -0.454 e. The van der Waals surface area contributed by atoms with Crippen LogP contribution in [0.2, 0.25) is 0 Å². The number of hydrogen-bond acceptors (Lipinski definition) is 12. The highest BCUT2D eigenvalue weighted by molar-refractivity contribution is 5.69. The fourth-order valence-corrected chi connectivity index (χ4v) is 4.38. The van der Waals surface area contributed by atoms with Crippen LogP contribution in [0.1, 0.15) is 64.7 Å². The minimum absolute atomic E-state index is 0.0591. The zero-order valence-corrected chi connectivity index (χ0v) is 20.3. The molecule has 0 saturated carbocycles. The first-order valence-electron chi connectivity index (χ1n) is 12.5. The summed E-state index contributed by atoms with van der Waals surface area (Å²) in [4.78, 5) is 12.5. The Balaban J connectivity index is 2.00. The number of aliphatic hydroxyl groups is 7. The van der Waals surface area contributed by atoms with Gasteiger partial charge in [0.25, 0.3) is 0 Å². The first-order chi connectivity index (χ1) is 16.7. The highest BCUT2D eigenvalue weighted by atomic mass is 16.8. The van der Waals surface area contributed by atoms with Crippen LogP contribution in [0.5, 0.6) is 0 Å². The van der Waals surface area contributed by atoms with E-state index >= 15 is 0 Å². The Morgan fingerprint density at radius 1 is 0.800 bits per heavy atom. The number of hydrogen-bond donors (Lipinski definition) is 7. The maximum Gasteiger partial charge on any atom is 0.306 e. The zero-order chi connectivity index (χ0) is 26.0. The average molecular weight is 511 g/mol. The van der Waals surface area contributed by atoms with Crippen LogP contribution >= 0.6 is 0 Å². The second-order valence-corrected chi connectivity index (χ2v) is 9.25. The predicted molar refractivity (Wildman–Crippen MR) is 120 cm³/mol. The smallest absolute Gasteiger partial charge is 0.306 e. The van der Waals surface area contributed by atoms with E-state index in [1.165, 1.54) is 19.3 Å². The van der Waals surface area contributed by atoms with Crippen molar-refractivity contribution >= 4 is 5.97 Å². The number of rotatable bonds is 15. The van der Waals surface area contributed by atoms with Crippen molar-refractivity contribution in [2.75, 3.05) is 19.8 Å².